The summed E-state index contributed by atoms with van der Waals surface area (Å²) in [4.78, 5) is 14.1. The predicted octanol–water partition coefficient (Wildman–Crippen LogP) is 3.54. The van der Waals surface area contributed by atoms with Crippen LogP contribution in [0.25, 0.3) is 11.4 Å². The van der Waals surface area contributed by atoms with Gasteiger partial charge in [0.15, 0.2) is 0 Å². The maximum absolute atomic E-state index is 12.5. The van der Waals surface area contributed by atoms with Gasteiger partial charge in [-0.2, -0.15) is 20.1 Å². The van der Waals surface area contributed by atoms with Crippen LogP contribution in [-0.4, -0.2) is 37.4 Å². The molecule has 32 heavy (non-hydrogen) atoms. The van der Waals surface area contributed by atoms with Gasteiger partial charge in [0.05, 0.1) is 41.8 Å². The summed E-state index contributed by atoms with van der Waals surface area (Å²) in [5.74, 6) is -0.379. The predicted molar refractivity (Wildman–Crippen MR) is 121 cm³/mol. The van der Waals surface area contributed by atoms with Crippen molar-refractivity contribution in [3.63, 3.8) is 0 Å². The highest BCUT2D eigenvalue weighted by Crippen LogP contribution is 2.20. The minimum Gasteiger partial charge on any atom is -0.462 e. The molecule has 0 spiro atoms. The van der Waals surface area contributed by atoms with Gasteiger partial charge in [-0.1, -0.05) is 35.9 Å². The van der Waals surface area contributed by atoms with Crippen LogP contribution in [0, 0.1) is 13.8 Å². The van der Waals surface area contributed by atoms with Crippen LogP contribution < -0.4 is 5.32 Å². The van der Waals surface area contributed by atoms with Crippen molar-refractivity contribution in [2.75, 3.05) is 6.61 Å². The summed E-state index contributed by atoms with van der Waals surface area (Å²) in [5, 5.41) is 16.7. The number of rotatable bonds is 8. The van der Waals surface area contributed by atoms with Crippen molar-refractivity contribution < 1.29 is 9.53 Å². The van der Waals surface area contributed by atoms with E-state index < -0.39 is 0 Å². The Bertz CT molecular complexity index is 1210. The van der Waals surface area contributed by atoms with E-state index in [1.807, 2.05) is 49.4 Å². The van der Waals surface area contributed by atoms with E-state index in [0.717, 1.165) is 28.3 Å². The number of hydrogen-bond donors (Lipinski definition) is 1. The molecule has 2 aromatic carbocycles. The molecule has 0 aliphatic rings. The molecule has 0 saturated heterocycles. The minimum atomic E-state index is -0.379. The van der Waals surface area contributed by atoms with Gasteiger partial charge < -0.3 is 10.1 Å². The summed E-state index contributed by atoms with van der Waals surface area (Å²) in [6.45, 7) is 7.10. The largest absolute Gasteiger partial charge is 0.462 e. The molecule has 8 nitrogen and oxygen atoms in total. The second-order valence-corrected chi connectivity index (χ2v) is 7.49. The van der Waals surface area contributed by atoms with Crippen LogP contribution >= 0.6 is 0 Å². The van der Waals surface area contributed by atoms with Crippen molar-refractivity contribution in [1.82, 2.24) is 30.1 Å². The summed E-state index contributed by atoms with van der Waals surface area (Å²) in [6, 6.07) is 15.9. The van der Waals surface area contributed by atoms with Gasteiger partial charge in [-0.25, -0.2) is 9.48 Å². The maximum Gasteiger partial charge on any atom is 0.341 e. The molecule has 1 N–H and O–H groups in total. The number of ether oxygens (including phenoxy) is 1. The molecular weight excluding hydrogens is 404 g/mol. The molecule has 4 aromatic rings. The van der Waals surface area contributed by atoms with Gasteiger partial charge in [0.25, 0.3) is 0 Å². The van der Waals surface area contributed by atoms with Crippen molar-refractivity contribution in [1.29, 1.82) is 0 Å². The lowest BCUT2D eigenvalue weighted by Crippen LogP contribution is -2.19. The third-order valence-corrected chi connectivity index (χ3v) is 5.07. The molecule has 0 amide bonds. The summed E-state index contributed by atoms with van der Waals surface area (Å²) in [5.41, 5.74) is 6.07. The number of nitrogens with one attached hydrogen (secondary N) is 1. The SMILES string of the molecule is CCOC(=O)c1cnn(-c2ccc(C)cc2C)c1CNCc1cnn(-c2ccccc2)n1. The lowest BCUT2D eigenvalue weighted by atomic mass is 10.1. The van der Waals surface area contributed by atoms with E-state index >= 15 is 0 Å². The second-order valence-electron chi connectivity index (χ2n) is 7.49. The van der Waals surface area contributed by atoms with E-state index in [4.69, 9.17) is 4.74 Å². The Hall–Kier alpha value is -3.78. The first-order chi connectivity index (χ1) is 15.6. The van der Waals surface area contributed by atoms with E-state index in [1.165, 1.54) is 5.56 Å². The molecule has 164 valence electrons. The molecule has 0 aliphatic carbocycles. The summed E-state index contributed by atoms with van der Waals surface area (Å²) < 4.78 is 7.04. The van der Waals surface area contributed by atoms with Crippen LogP contribution in [0.15, 0.2) is 60.9 Å². The van der Waals surface area contributed by atoms with Crippen LogP contribution in [0.4, 0.5) is 0 Å². The zero-order valence-corrected chi connectivity index (χ0v) is 18.4. The highest BCUT2D eigenvalue weighted by atomic mass is 16.5. The molecule has 2 aromatic heterocycles. The Morgan fingerprint density at radius 1 is 1.03 bits per heavy atom. The van der Waals surface area contributed by atoms with Crippen molar-refractivity contribution >= 4 is 5.97 Å². The normalized spacial score (nSPS) is 11.0. The fourth-order valence-electron chi connectivity index (χ4n) is 3.54. The molecule has 0 unspecified atom stereocenters. The Morgan fingerprint density at radius 2 is 1.84 bits per heavy atom. The zero-order valence-electron chi connectivity index (χ0n) is 18.4. The van der Waals surface area contributed by atoms with Gasteiger partial charge in [-0.05, 0) is 44.5 Å². The summed E-state index contributed by atoms with van der Waals surface area (Å²) >= 11 is 0. The van der Waals surface area contributed by atoms with E-state index in [9.17, 15) is 4.79 Å². The Morgan fingerprint density at radius 3 is 2.59 bits per heavy atom. The highest BCUT2D eigenvalue weighted by molar-refractivity contribution is 5.90. The number of nitrogens with zero attached hydrogens (tertiary/aromatic N) is 5. The molecule has 0 atom stereocenters. The van der Waals surface area contributed by atoms with Gasteiger partial charge in [0.2, 0.25) is 0 Å². The van der Waals surface area contributed by atoms with Crippen molar-refractivity contribution in [3.8, 4) is 11.4 Å². The van der Waals surface area contributed by atoms with E-state index in [2.05, 4.69) is 33.6 Å². The monoisotopic (exact) mass is 430 g/mol. The minimum absolute atomic E-state index is 0.309. The van der Waals surface area contributed by atoms with E-state index in [0.29, 0.717) is 25.3 Å². The number of carbonyl (C=O) groups excluding carboxylic acids is 1. The van der Waals surface area contributed by atoms with Gasteiger partial charge >= 0.3 is 5.97 Å². The molecule has 4 rings (SSSR count). The number of aromatic nitrogens is 5. The van der Waals surface area contributed by atoms with Crippen molar-refractivity contribution in [3.05, 3.63) is 89.0 Å². The lowest BCUT2D eigenvalue weighted by Gasteiger charge is -2.13. The molecule has 0 bridgehead atoms. The van der Waals surface area contributed by atoms with Gasteiger partial charge in [-0.15, -0.1) is 0 Å². The Labute approximate surface area is 186 Å². The standard InChI is InChI=1S/C24H26N6O2/c1-4-32-24(31)21-15-26-29(22-11-10-17(2)12-18(22)3)23(21)16-25-13-19-14-27-30(28-19)20-8-6-5-7-9-20/h5-12,14-15,25H,4,13,16H2,1-3H3. The molecule has 0 aliphatic heterocycles. The van der Waals surface area contributed by atoms with E-state index in [1.54, 1.807) is 28.8 Å². The number of benzene rings is 2. The average molecular weight is 431 g/mol. The molecular formula is C24H26N6O2. The molecule has 0 fully saturated rings. The maximum atomic E-state index is 12.5. The first kappa shape index (κ1) is 21.5. The zero-order chi connectivity index (χ0) is 22.5. The lowest BCUT2D eigenvalue weighted by molar-refractivity contribution is 0.0525. The molecule has 8 heteroatoms. The fraction of sp³-hybridized carbons (Fsp3) is 0.250. The number of para-hydroxylation sites is 1. The van der Waals surface area contributed by atoms with Crippen LogP contribution in [0.1, 0.15) is 39.8 Å². The number of carbonyl (C=O) groups is 1. The van der Waals surface area contributed by atoms with E-state index in [-0.39, 0.29) is 5.97 Å². The van der Waals surface area contributed by atoms with Crippen LogP contribution in [0.2, 0.25) is 0 Å². The highest BCUT2D eigenvalue weighted by Gasteiger charge is 2.20. The number of aryl methyl sites for hydroxylation is 2. The van der Waals surface area contributed by atoms with Gasteiger partial charge in [0.1, 0.15) is 5.56 Å². The Balaban J connectivity index is 1.55. The number of esters is 1. The molecule has 0 saturated carbocycles. The summed E-state index contributed by atoms with van der Waals surface area (Å²) in [6.07, 6.45) is 3.30. The number of hydrogen-bond acceptors (Lipinski definition) is 6. The van der Waals surface area contributed by atoms with Crippen LogP contribution in [-0.2, 0) is 17.8 Å². The van der Waals surface area contributed by atoms with Gasteiger partial charge in [0, 0.05) is 13.1 Å². The fourth-order valence-corrected chi connectivity index (χ4v) is 3.54. The van der Waals surface area contributed by atoms with Gasteiger partial charge in [-0.3, -0.25) is 0 Å². The quantitative estimate of drug-likeness (QED) is 0.430. The third kappa shape index (κ3) is 4.60. The smallest absolute Gasteiger partial charge is 0.341 e. The van der Waals surface area contributed by atoms with Crippen molar-refractivity contribution in [2.24, 2.45) is 0 Å². The Kier molecular flexibility index (Phi) is 6.42. The first-order valence-electron chi connectivity index (χ1n) is 10.6. The van der Waals surface area contributed by atoms with Crippen molar-refractivity contribution in [2.45, 2.75) is 33.9 Å². The van der Waals surface area contributed by atoms with Crippen LogP contribution in [0.3, 0.4) is 0 Å². The molecule has 0 radical (unpaired) electrons. The van der Waals surface area contributed by atoms with Crippen LogP contribution in [0.5, 0.6) is 0 Å². The molecule has 2 heterocycles. The first-order valence-corrected chi connectivity index (χ1v) is 10.6. The second kappa shape index (κ2) is 9.57. The third-order valence-electron chi connectivity index (χ3n) is 5.07. The topological polar surface area (TPSA) is 86.9 Å². The summed E-state index contributed by atoms with van der Waals surface area (Å²) in [7, 11) is 0. The average Bonchev–Trinajstić information content (AvgIpc) is 3.42.